The lowest BCUT2D eigenvalue weighted by molar-refractivity contribution is -0.131. The maximum absolute atomic E-state index is 12.2. The van der Waals surface area contributed by atoms with Gasteiger partial charge in [0.15, 0.2) is 0 Å². The zero-order chi connectivity index (χ0) is 14.7. The van der Waals surface area contributed by atoms with Crippen LogP contribution >= 0.6 is 0 Å². The lowest BCUT2D eigenvalue weighted by Crippen LogP contribution is -2.35. The highest BCUT2D eigenvalue weighted by Gasteiger charge is 2.22. The average molecular weight is 277 g/mol. The van der Waals surface area contributed by atoms with Gasteiger partial charge in [0.2, 0.25) is 5.91 Å². The molecule has 1 amide bonds. The second kappa shape index (κ2) is 6.44. The average Bonchev–Trinajstić information content (AvgIpc) is 2.81. The fourth-order valence-electron chi connectivity index (χ4n) is 2.85. The Labute approximate surface area is 122 Å². The minimum absolute atomic E-state index is 0.173. The van der Waals surface area contributed by atoms with Crippen molar-refractivity contribution in [2.45, 2.75) is 58.7 Å². The number of hydrogen-bond acceptors (Lipinski definition) is 2. The molecule has 1 unspecified atom stereocenters. The largest absolute Gasteiger partial charge is 0.344 e. The van der Waals surface area contributed by atoms with Crippen LogP contribution in [0, 0.1) is 0 Å². The molecule has 0 fully saturated rings. The number of carbonyl (C=O) groups excluding carboxylic acids is 1. The summed E-state index contributed by atoms with van der Waals surface area (Å²) in [7, 11) is 1.87. The van der Waals surface area contributed by atoms with Crippen molar-refractivity contribution in [2.24, 2.45) is 0 Å². The van der Waals surface area contributed by atoms with Gasteiger partial charge in [-0.1, -0.05) is 6.92 Å². The Balaban J connectivity index is 2.10. The Morgan fingerprint density at radius 2 is 2.25 bits per heavy atom. The normalized spacial score (nSPS) is 18.1. The number of carbonyl (C=O) groups is 1. The zero-order valence-corrected chi connectivity index (χ0v) is 13.1. The molecule has 1 atom stereocenters. The third-order valence-corrected chi connectivity index (χ3v) is 4.25. The van der Waals surface area contributed by atoms with Gasteiger partial charge in [0, 0.05) is 31.5 Å². The van der Waals surface area contributed by atoms with Crippen LogP contribution in [0.3, 0.4) is 0 Å². The van der Waals surface area contributed by atoms with Crippen LogP contribution in [0.15, 0.2) is 12.4 Å². The predicted molar refractivity (Wildman–Crippen MR) is 81.7 cm³/mol. The van der Waals surface area contributed by atoms with Gasteiger partial charge in [0.1, 0.15) is 6.54 Å². The van der Waals surface area contributed by atoms with Crippen LogP contribution in [0.4, 0.5) is 0 Å². The first kappa shape index (κ1) is 15.1. The molecule has 1 heterocycles. The van der Waals surface area contributed by atoms with E-state index in [4.69, 9.17) is 0 Å². The molecule has 0 spiro atoms. The number of nitrogens with one attached hydrogen (secondary N) is 1. The number of likely N-dealkylation sites (N-methyl/N-ethyl adjacent to an activating group) is 1. The second-order valence-electron chi connectivity index (χ2n) is 6.01. The maximum Gasteiger partial charge on any atom is 0.242 e. The molecular formula is C16H27N3O. The molecule has 0 radical (unpaired) electrons. The van der Waals surface area contributed by atoms with Crippen molar-refractivity contribution in [1.82, 2.24) is 14.8 Å². The molecule has 0 saturated heterocycles. The lowest BCUT2D eigenvalue weighted by Gasteiger charge is -2.23. The molecule has 0 aliphatic heterocycles. The second-order valence-corrected chi connectivity index (χ2v) is 6.01. The number of aromatic nitrogens is 1. The van der Waals surface area contributed by atoms with Gasteiger partial charge >= 0.3 is 0 Å². The molecule has 20 heavy (non-hydrogen) atoms. The van der Waals surface area contributed by atoms with E-state index >= 15 is 0 Å². The molecule has 1 aromatic heterocycles. The van der Waals surface area contributed by atoms with Crippen LogP contribution in [0.2, 0.25) is 0 Å². The molecule has 0 aromatic carbocycles. The molecule has 1 aliphatic carbocycles. The topological polar surface area (TPSA) is 37.3 Å². The van der Waals surface area contributed by atoms with Crippen LogP contribution in [0.25, 0.3) is 0 Å². The van der Waals surface area contributed by atoms with E-state index in [1.165, 1.54) is 24.0 Å². The SMILES string of the molecule is CCNC1CCCc2cn(CC(=O)N(C)C(C)C)cc21. The summed E-state index contributed by atoms with van der Waals surface area (Å²) in [5.41, 5.74) is 2.79. The van der Waals surface area contributed by atoms with Crippen LogP contribution in [-0.2, 0) is 17.8 Å². The highest BCUT2D eigenvalue weighted by atomic mass is 16.2. The van der Waals surface area contributed by atoms with E-state index in [9.17, 15) is 4.79 Å². The molecule has 4 nitrogen and oxygen atoms in total. The first-order valence-corrected chi connectivity index (χ1v) is 7.70. The summed E-state index contributed by atoms with van der Waals surface area (Å²) in [6.45, 7) is 7.66. The van der Waals surface area contributed by atoms with Crippen LogP contribution in [-0.4, -0.2) is 35.0 Å². The predicted octanol–water partition coefficient (Wildman–Crippen LogP) is 2.34. The van der Waals surface area contributed by atoms with Crippen molar-refractivity contribution in [1.29, 1.82) is 0 Å². The van der Waals surface area contributed by atoms with Crippen LogP contribution in [0.5, 0.6) is 0 Å². The summed E-state index contributed by atoms with van der Waals surface area (Å²) in [5, 5.41) is 3.54. The van der Waals surface area contributed by atoms with E-state index in [-0.39, 0.29) is 11.9 Å². The van der Waals surface area contributed by atoms with Crippen LogP contribution in [0.1, 0.15) is 50.8 Å². The van der Waals surface area contributed by atoms with Gasteiger partial charge in [-0.3, -0.25) is 4.79 Å². The smallest absolute Gasteiger partial charge is 0.242 e. The standard InChI is InChI=1S/C16H27N3O/c1-5-17-15-8-6-7-13-9-19(10-14(13)15)11-16(20)18(4)12(2)3/h9-10,12,15,17H,5-8,11H2,1-4H3. The van der Waals surface area contributed by atoms with Crippen molar-refractivity contribution in [3.63, 3.8) is 0 Å². The van der Waals surface area contributed by atoms with Gasteiger partial charge in [-0.15, -0.1) is 0 Å². The molecular weight excluding hydrogens is 250 g/mol. The molecule has 2 rings (SSSR count). The van der Waals surface area contributed by atoms with E-state index in [1.54, 1.807) is 4.90 Å². The summed E-state index contributed by atoms with van der Waals surface area (Å²) in [6.07, 6.45) is 7.89. The lowest BCUT2D eigenvalue weighted by atomic mass is 9.91. The van der Waals surface area contributed by atoms with Gasteiger partial charge < -0.3 is 14.8 Å². The molecule has 1 N–H and O–H groups in total. The molecule has 4 heteroatoms. The number of amides is 1. The minimum atomic E-state index is 0.173. The Bertz CT molecular complexity index is 464. The molecule has 112 valence electrons. The summed E-state index contributed by atoms with van der Waals surface area (Å²) in [6, 6.07) is 0.713. The van der Waals surface area contributed by atoms with Crippen molar-refractivity contribution in [2.75, 3.05) is 13.6 Å². The van der Waals surface area contributed by atoms with Gasteiger partial charge in [-0.2, -0.15) is 0 Å². The Hall–Kier alpha value is -1.29. The van der Waals surface area contributed by atoms with Crippen molar-refractivity contribution in [3.05, 3.63) is 23.5 Å². The summed E-state index contributed by atoms with van der Waals surface area (Å²) < 4.78 is 2.06. The molecule has 1 aliphatic rings. The fraction of sp³-hybridized carbons (Fsp3) is 0.688. The van der Waals surface area contributed by atoms with Crippen molar-refractivity contribution >= 4 is 5.91 Å². The Kier molecular flexibility index (Phi) is 4.86. The minimum Gasteiger partial charge on any atom is -0.344 e. The Morgan fingerprint density at radius 3 is 2.90 bits per heavy atom. The maximum atomic E-state index is 12.2. The third-order valence-electron chi connectivity index (χ3n) is 4.25. The summed E-state index contributed by atoms with van der Waals surface area (Å²) in [5.74, 6) is 0.173. The number of fused-ring (bicyclic) bond motifs is 1. The van der Waals surface area contributed by atoms with E-state index in [0.717, 1.165) is 13.0 Å². The first-order valence-electron chi connectivity index (χ1n) is 7.70. The number of hydrogen-bond donors (Lipinski definition) is 1. The van der Waals surface area contributed by atoms with Gasteiger partial charge in [0.05, 0.1) is 0 Å². The van der Waals surface area contributed by atoms with Crippen LogP contribution < -0.4 is 5.32 Å². The first-order chi connectivity index (χ1) is 9.52. The fourth-order valence-corrected chi connectivity index (χ4v) is 2.85. The van der Waals surface area contributed by atoms with Crippen molar-refractivity contribution < 1.29 is 4.79 Å². The molecule has 1 aromatic rings. The number of nitrogens with zero attached hydrogens (tertiary/aromatic N) is 2. The van der Waals surface area contributed by atoms with Crippen molar-refractivity contribution in [3.8, 4) is 0 Å². The third kappa shape index (κ3) is 3.23. The monoisotopic (exact) mass is 277 g/mol. The van der Waals surface area contributed by atoms with E-state index in [2.05, 4.69) is 29.2 Å². The van der Waals surface area contributed by atoms with E-state index < -0.39 is 0 Å². The number of aryl methyl sites for hydroxylation is 1. The summed E-state index contributed by atoms with van der Waals surface area (Å²) in [4.78, 5) is 14.0. The number of rotatable bonds is 5. The Morgan fingerprint density at radius 1 is 1.50 bits per heavy atom. The van der Waals surface area contributed by atoms with E-state index in [1.807, 2.05) is 20.9 Å². The highest BCUT2D eigenvalue weighted by molar-refractivity contribution is 5.76. The molecule has 0 saturated carbocycles. The summed E-state index contributed by atoms with van der Waals surface area (Å²) >= 11 is 0. The van der Waals surface area contributed by atoms with Gasteiger partial charge in [-0.05, 0) is 50.8 Å². The quantitative estimate of drug-likeness (QED) is 0.897. The zero-order valence-electron chi connectivity index (χ0n) is 13.1. The van der Waals surface area contributed by atoms with Gasteiger partial charge in [-0.25, -0.2) is 0 Å². The van der Waals surface area contributed by atoms with Gasteiger partial charge in [0.25, 0.3) is 0 Å². The molecule has 0 bridgehead atoms. The van der Waals surface area contributed by atoms with E-state index in [0.29, 0.717) is 12.6 Å². The highest BCUT2D eigenvalue weighted by Crippen LogP contribution is 2.30.